The highest BCUT2D eigenvalue weighted by Crippen LogP contribution is 2.33. The van der Waals surface area contributed by atoms with Crippen LogP contribution in [0.5, 0.6) is 5.75 Å². The molecule has 5 rings (SSSR count). The minimum absolute atomic E-state index is 0.0628. The highest BCUT2D eigenvalue weighted by Gasteiger charge is 2.21. The number of aryl methyl sites for hydroxylation is 1. The van der Waals surface area contributed by atoms with Crippen LogP contribution in [0.1, 0.15) is 28.4 Å². The maximum atomic E-state index is 14.9. The number of nitrogens with one attached hydrogen (secondary N) is 2. The molecule has 1 aliphatic rings. The number of methoxy groups -OCH3 is 1. The zero-order chi connectivity index (χ0) is 25.9. The van der Waals surface area contributed by atoms with Gasteiger partial charge in [0, 0.05) is 61.0 Å². The molecule has 190 valence electrons. The van der Waals surface area contributed by atoms with Crippen LogP contribution in [0, 0.1) is 5.82 Å². The summed E-state index contributed by atoms with van der Waals surface area (Å²) >= 11 is 0. The summed E-state index contributed by atoms with van der Waals surface area (Å²) in [5, 5.41) is 6.63. The summed E-state index contributed by atoms with van der Waals surface area (Å²) in [7, 11) is 1.43. The first-order valence-corrected chi connectivity index (χ1v) is 12.3. The molecule has 1 saturated heterocycles. The van der Waals surface area contributed by atoms with Gasteiger partial charge in [-0.25, -0.2) is 14.4 Å². The quantitative estimate of drug-likeness (QED) is 0.388. The second-order valence-corrected chi connectivity index (χ2v) is 8.75. The van der Waals surface area contributed by atoms with Gasteiger partial charge in [-0.3, -0.25) is 9.20 Å². The van der Waals surface area contributed by atoms with Gasteiger partial charge in [0.2, 0.25) is 0 Å². The normalized spacial score (nSPS) is 13.5. The summed E-state index contributed by atoms with van der Waals surface area (Å²) in [5.74, 6) is 0.292. The largest absolute Gasteiger partial charge is 0.494 e. The number of carbonyl (C=O) groups excluding carboxylic acids is 1. The number of carbonyl (C=O) groups is 1. The van der Waals surface area contributed by atoms with Crippen LogP contribution in [0.25, 0.3) is 23.0 Å². The predicted molar refractivity (Wildman–Crippen MR) is 143 cm³/mol. The van der Waals surface area contributed by atoms with Gasteiger partial charge in [-0.2, -0.15) is 0 Å². The molecule has 0 atom stereocenters. The molecular formula is C28H29FN6O2. The van der Waals surface area contributed by atoms with Gasteiger partial charge < -0.3 is 20.3 Å². The van der Waals surface area contributed by atoms with Crippen LogP contribution in [0.4, 0.5) is 15.9 Å². The minimum Gasteiger partial charge on any atom is -0.494 e. The SMILES string of the molecule is C=Cc1c(-c2cnc3c(Nc4ccc(C(=O)N5CCNCC5)c(CC)c4)nccn23)ccc(OC)c1F. The van der Waals surface area contributed by atoms with Gasteiger partial charge in [0.05, 0.1) is 19.0 Å². The molecule has 8 nitrogen and oxygen atoms in total. The van der Waals surface area contributed by atoms with Crippen molar-refractivity contribution in [3.05, 3.63) is 78.0 Å². The third-order valence-electron chi connectivity index (χ3n) is 6.66. The number of benzene rings is 2. The molecule has 0 bridgehead atoms. The van der Waals surface area contributed by atoms with Crippen LogP contribution < -0.4 is 15.4 Å². The fourth-order valence-electron chi connectivity index (χ4n) is 4.71. The molecule has 1 amide bonds. The average molecular weight is 501 g/mol. The third kappa shape index (κ3) is 4.53. The van der Waals surface area contributed by atoms with E-state index in [1.54, 1.807) is 30.7 Å². The van der Waals surface area contributed by atoms with Crippen molar-refractivity contribution in [3.8, 4) is 17.0 Å². The number of anilines is 2. The number of nitrogens with zero attached hydrogens (tertiary/aromatic N) is 4. The van der Waals surface area contributed by atoms with E-state index in [2.05, 4.69) is 27.2 Å². The maximum absolute atomic E-state index is 14.9. The predicted octanol–water partition coefficient (Wildman–Crippen LogP) is 4.54. The number of imidazole rings is 1. The van der Waals surface area contributed by atoms with E-state index < -0.39 is 5.82 Å². The Labute approximate surface area is 214 Å². The lowest BCUT2D eigenvalue weighted by Gasteiger charge is -2.28. The van der Waals surface area contributed by atoms with Gasteiger partial charge in [-0.05, 0) is 42.3 Å². The lowest BCUT2D eigenvalue weighted by atomic mass is 10.0. The molecule has 0 saturated carbocycles. The number of rotatable bonds is 7. The van der Waals surface area contributed by atoms with Crippen molar-refractivity contribution in [1.29, 1.82) is 0 Å². The smallest absolute Gasteiger partial charge is 0.254 e. The number of amides is 1. The Kier molecular flexibility index (Phi) is 6.87. The molecule has 1 aliphatic heterocycles. The summed E-state index contributed by atoms with van der Waals surface area (Å²) in [5.41, 5.74) is 4.76. The molecule has 0 aliphatic carbocycles. The van der Waals surface area contributed by atoms with Crippen LogP contribution in [0.2, 0.25) is 0 Å². The van der Waals surface area contributed by atoms with E-state index in [-0.39, 0.29) is 11.7 Å². The van der Waals surface area contributed by atoms with Crippen molar-refractivity contribution in [2.45, 2.75) is 13.3 Å². The van der Waals surface area contributed by atoms with E-state index in [9.17, 15) is 9.18 Å². The Hall–Kier alpha value is -4.24. The van der Waals surface area contributed by atoms with Crippen molar-refractivity contribution in [2.24, 2.45) is 0 Å². The summed E-state index contributed by atoms with van der Waals surface area (Å²) in [4.78, 5) is 24.0. The molecule has 2 aromatic carbocycles. The van der Waals surface area contributed by atoms with Crippen molar-refractivity contribution in [1.82, 2.24) is 24.6 Å². The van der Waals surface area contributed by atoms with Crippen LogP contribution in [-0.2, 0) is 6.42 Å². The number of halogens is 1. The van der Waals surface area contributed by atoms with Gasteiger partial charge in [0.1, 0.15) is 0 Å². The molecular weight excluding hydrogens is 471 g/mol. The molecule has 2 N–H and O–H groups in total. The van der Waals surface area contributed by atoms with E-state index in [1.807, 2.05) is 34.4 Å². The van der Waals surface area contributed by atoms with Gasteiger partial charge in [-0.1, -0.05) is 19.6 Å². The van der Waals surface area contributed by atoms with E-state index in [0.717, 1.165) is 36.3 Å². The molecule has 1 fully saturated rings. The van der Waals surface area contributed by atoms with Crippen molar-refractivity contribution >= 4 is 29.1 Å². The molecule has 0 unspecified atom stereocenters. The molecule has 37 heavy (non-hydrogen) atoms. The fourth-order valence-corrected chi connectivity index (χ4v) is 4.71. The monoisotopic (exact) mass is 500 g/mol. The lowest BCUT2D eigenvalue weighted by molar-refractivity contribution is 0.0734. The number of hydrogen-bond acceptors (Lipinski definition) is 6. The Morgan fingerprint density at radius 1 is 1.24 bits per heavy atom. The number of hydrogen-bond donors (Lipinski definition) is 2. The average Bonchev–Trinajstić information content (AvgIpc) is 3.38. The van der Waals surface area contributed by atoms with E-state index >= 15 is 0 Å². The first kappa shape index (κ1) is 24.5. The summed E-state index contributed by atoms with van der Waals surface area (Å²) in [6.45, 7) is 8.86. The summed E-state index contributed by atoms with van der Waals surface area (Å²) in [6.07, 6.45) is 7.33. The summed E-state index contributed by atoms with van der Waals surface area (Å²) in [6, 6.07) is 9.13. The van der Waals surface area contributed by atoms with Crippen molar-refractivity contribution < 1.29 is 13.9 Å². The van der Waals surface area contributed by atoms with Crippen LogP contribution >= 0.6 is 0 Å². The highest BCUT2D eigenvalue weighted by atomic mass is 19.1. The number of aromatic nitrogens is 3. The fraction of sp³-hybridized carbons (Fsp3) is 0.250. The molecule has 2 aromatic heterocycles. The minimum atomic E-state index is -0.472. The second-order valence-electron chi connectivity index (χ2n) is 8.75. The van der Waals surface area contributed by atoms with E-state index in [1.165, 1.54) is 13.2 Å². The van der Waals surface area contributed by atoms with Crippen LogP contribution in [-0.4, -0.2) is 58.5 Å². The lowest BCUT2D eigenvalue weighted by Crippen LogP contribution is -2.46. The van der Waals surface area contributed by atoms with Gasteiger partial charge >= 0.3 is 0 Å². The standard InChI is InChI=1S/C28H29FN6O2/c1-4-18-16-19(6-7-21(18)28(36)34-13-10-30-11-14-34)33-26-27-32-17-23(35(27)15-12-31-26)22-8-9-24(37-3)25(29)20(22)5-2/h5-9,12,15-17,30H,2,4,10-11,13-14H2,1,3H3,(H,31,33). The van der Waals surface area contributed by atoms with Gasteiger partial charge in [-0.15, -0.1) is 0 Å². The maximum Gasteiger partial charge on any atom is 0.254 e. The Bertz CT molecular complexity index is 1480. The first-order chi connectivity index (χ1) is 18.0. The van der Waals surface area contributed by atoms with Crippen LogP contribution in [0.15, 0.2) is 55.5 Å². The zero-order valence-electron chi connectivity index (χ0n) is 20.9. The van der Waals surface area contributed by atoms with Gasteiger partial charge in [0.15, 0.2) is 23.0 Å². The number of piperazine rings is 1. The van der Waals surface area contributed by atoms with Crippen LogP contribution in [0.3, 0.4) is 0 Å². The van der Waals surface area contributed by atoms with Crippen molar-refractivity contribution in [2.75, 3.05) is 38.6 Å². The molecule has 4 aromatic rings. The molecule has 9 heteroatoms. The Morgan fingerprint density at radius 2 is 2.05 bits per heavy atom. The first-order valence-electron chi connectivity index (χ1n) is 12.3. The number of fused-ring (bicyclic) bond motifs is 1. The second kappa shape index (κ2) is 10.4. The Morgan fingerprint density at radius 3 is 2.78 bits per heavy atom. The Balaban J connectivity index is 1.47. The molecule has 0 radical (unpaired) electrons. The molecule has 0 spiro atoms. The third-order valence-corrected chi connectivity index (χ3v) is 6.66. The van der Waals surface area contributed by atoms with Crippen molar-refractivity contribution in [3.63, 3.8) is 0 Å². The topological polar surface area (TPSA) is 83.8 Å². The summed E-state index contributed by atoms with van der Waals surface area (Å²) < 4.78 is 21.9. The highest BCUT2D eigenvalue weighted by molar-refractivity contribution is 5.96. The number of ether oxygens (including phenoxy) is 1. The van der Waals surface area contributed by atoms with Gasteiger partial charge in [0.25, 0.3) is 5.91 Å². The van der Waals surface area contributed by atoms with E-state index in [0.29, 0.717) is 41.4 Å². The molecule has 3 heterocycles. The zero-order valence-corrected chi connectivity index (χ0v) is 20.9. The van der Waals surface area contributed by atoms with E-state index in [4.69, 9.17) is 4.74 Å².